The SMILES string of the molecule is COc1cc(C=C2CCCCC2=O)cc(OC)c1OC. The molecule has 2 rings (SSSR count). The maximum absolute atomic E-state index is 11.9. The highest BCUT2D eigenvalue weighted by atomic mass is 16.5. The summed E-state index contributed by atoms with van der Waals surface area (Å²) in [7, 11) is 4.74. The Labute approximate surface area is 119 Å². The van der Waals surface area contributed by atoms with Crippen LogP contribution >= 0.6 is 0 Å². The van der Waals surface area contributed by atoms with Crippen LogP contribution in [-0.4, -0.2) is 27.1 Å². The van der Waals surface area contributed by atoms with Crippen LogP contribution in [0, 0.1) is 0 Å². The average Bonchev–Trinajstić information content (AvgIpc) is 2.48. The first-order valence-electron chi connectivity index (χ1n) is 6.73. The van der Waals surface area contributed by atoms with Crippen LogP contribution < -0.4 is 14.2 Å². The van der Waals surface area contributed by atoms with Gasteiger partial charge in [0.05, 0.1) is 21.3 Å². The fourth-order valence-corrected chi connectivity index (χ4v) is 2.44. The molecule has 1 aromatic rings. The van der Waals surface area contributed by atoms with Crippen molar-refractivity contribution in [2.45, 2.75) is 25.7 Å². The third-order valence-electron chi connectivity index (χ3n) is 3.49. The molecule has 1 fully saturated rings. The van der Waals surface area contributed by atoms with Crippen LogP contribution in [-0.2, 0) is 4.79 Å². The van der Waals surface area contributed by atoms with E-state index < -0.39 is 0 Å². The highest BCUT2D eigenvalue weighted by Crippen LogP contribution is 2.39. The van der Waals surface area contributed by atoms with Crippen molar-refractivity contribution in [1.29, 1.82) is 0 Å². The molecule has 0 bridgehead atoms. The summed E-state index contributed by atoms with van der Waals surface area (Å²) in [5, 5.41) is 0. The Morgan fingerprint density at radius 3 is 2.05 bits per heavy atom. The van der Waals surface area contributed by atoms with Crippen molar-refractivity contribution in [3.8, 4) is 17.2 Å². The number of rotatable bonds is 4. The monoisotopic (exact) mass is 276 g/mol. The first-order valence-corrected chi connectivity index (χ1v) is 6.73. The summed E-state index contributed by atoms with van der Waals surface area (Å²) >= 11 is 0. The van der Waals surface area contributed by atoms with Gasteiger partial charge in [-0.2, -0.15) is 0 Å². The second kappa shape index (κ2) is 6.46. The highest BCUT2D eigenvalue weighted by Gasteiger charge is 2.16. The Morgan fingerprint density at radius 2 is 1.55 bits per heavy atom. The van der Waals surface area contributed by atoms with Crippen LogP contribution in [0.4, 0.5) is 0 Å². The molecule has 0 aliphatic heterocycles. The first-order chi connectivity index (χ1) is 9.69. The molecule has 0 saturated heterocycles. The fraction of sp³-hybridized carbons (Fsp3) is 0.438. The van der Waals surface area contributed by atoms with E-state index in [1.54, 1.807) is 21.3 Å². The summed E-state index contributed by atoms with van der Waals surface area (Å²) in [6.45, 7) is 0. The molecule has 0 aromatic heterocycles. The Hall–Kier alpha value is -1.97. The lowest BCUT2D eigenvalue weighted by Crippen LogP contribution is -2.08. The van der Waals surface area contributed by atoms with Gasteiger partial charge in [-0.3, -0.25) is 4.79 Å². The summed E-state index contributed by atoms with van der Waals surface area (Å²) in [6.07, 6.45) is 5.48. The lowest BCUT2D eigenvalue weighted by atomic mass is 9.92. The number of ether oxygens (including phenoxy) is 3. The third kappa shape index (κ3) is 2.95. The second-order valence-electron chi connectivity index (χ2n) is 4.76. The highest BCUT2D eigenvalue weighted by molar-refractivity contribution is 6.00. The second-order valence-corrected chi connectivity index (χ2v) is 4.76. The summed E-state index contributed by atoms with van der Waals surface area (Å²) < 4.78 is 15.9. The van der Waals surface area contributed by atoms with Crippen LogP contribution in [0.3, 0.4) is 0 Å². The van der Waals surface area contributed by atoms with E-state index in [2.05, 4.69) is 0 Å². The molecule has 0 heterocycles. The molecule has 1 aliphatic carbocycles. The molecule has 1 aliphatic rings. The van der Waals surface area contributed by atoms with Gasteiger partial charge in [0.2, 0.25) is 5.75 Å². The van der Waals surface area contributed by atoms with Crippen molar-refractivity contribution >= 4 is 11.9 Å². The predicted octanol–water partition coefficient (Wildman–Crippen LogP) is 3.24. The number of hydrogen-bond acceptors (Lipinski definition) is 4. The minimum Gasteiger partial charge on any atom is -0.493 e. The molecule has 0 atom stereocenters. The normalized spacial score (nSPS) is 17.1. The van der Waals surface area contributed by atoms with Crippen molar-refractivity contribution in [3.63, 3.8) is 0 Å². The molecule has 0 radical (unpaired) electrons. The molecule has 0 N–H and O–H groups in total. The molecular formula is C16H20O4. The molecule has 1 saturated carbocycles. The number of carbonyl (C=O) groups is 1. The van der Waals surface area contributed by atoms with E-state index >= 15 is 0 Å². The smallest absolute Gasteiger partial charge is 0.203 e. The average molecular weight is 276 g/mol. The van der Waals surface area contributed by atoms with Crippen LogP contribution in [0.2, 0.25) is 0 Å². The quantitative estimate of drug-likeness (QED) is 0.792. The number of allylic oxidation sites excluding steroid dienone is 1. The molecular weight excluding hydrogens is 256 g/mol. The van der Waals surface area contributed by atoms with E-state index in [4.69, 9.17) is 14.2 Å². The lowest BCUT2D eigenvalue weighted by Gasteiger charge is -2.15. The number of methoxy groups -OCH3 is 3. The molecule has 0 amide bonds. The summed E-state index contributed by atoms with van der Waals surface area (Å²) in [5.74, 6) is 2.00. The van der Waals surface area contributed by atoms with Gasteiger partial charge in [0.15, 0.2) is 17.3 Å². The molecule has 4 heteroatoms. The fourth-order valence-electron chi connectivity index (χ4n) is 2.44. The lowest BCUT2D eigenvalue weighted by molar-refractivity contribution is -0.116. The van der Waals surface area contributed by atoms with E-state index in [1.165, 1.54) is 0 Å². The van der Waals surface area contributed by atoms with Gasteiger partial charge in [0.1, 0.15) is 0 Å². The maximum atomic E-state index is 11.9. The first kappa shape index (κ1) is 14.4. The maximum Gasteiger partial charge on any atom is 0.203 e. The van der Waals surface area contributed by atoms with Gasteiger partial charge in [-0.25, -0.2) is 0 Å². The van der Waals surface area contributed by atoms with Gasteiger partial charge in [0.25, 0.3) is 0 Å². The number of hydrogen-bond donors (Lipinski definition) is 0. The third-order valence-corrected chi connectivity index (χ3v) is 3.49. The Morgan fingerprint density at radius 1 is 0.950 bits per heavy atom. The zero-order valence-electron chi connectivity index (χ0n) is 12.2. The topological polar surface area (TPSA) is 44.8 Å². The number of benzene rings is 1. The van der Waals surface area contributed by atoms with Gasteiger partial charge in [-0.15, -0.1) is 0 Å². The molecule has 0 unspecified atom stereocenters. The van der Waals surface area contributed by atoms with E-state index in [-0.39, 0.29) is 5.78 Å². The van der Waals surface area contributed by atoms with E-state index in [0.717, 1.165) is 30.4 Å². The van der Waals surface area contributed by atoms with E-state index in [0.29, 0.717) is 23.7 Å². The van der Waals surface area contributed by atoms with Crippen molar-refractivity contribution in [3.05, 3.63) is 23.3 Å². The van der Waals surface area contributed by atoms with Crippen LogP contribution in [0.25, 0.3) is 6.08 Å². The Bertz CT molecular complexity index is 506. The largest absolute Gasteiger partial charge is 0.493 e. The van der Waals surface area contributed by atoms with Crippen molar-refractivity contribution in [2.75, 3.05) is 21.3 Å². The summed E-state index contributed by atoms with van der Waals surface area (Å²) in [5.41, 5.74) is 1.77. The standard InChI is InChI=1S/C16H20O4/c1-18-14-9-11(10-15(19-2)16(14)20-3)8-12-6-4-5-7-13(12)17/h8-10H,4-7H2,1-3H3. The molecule has 1 aromatic carbocycles. The summed E-state index contributed by atoms with van der Waals surface area (Å²) in [4.78, 5) is 11.9. The van der Waals surface area contributed by atoms with Gasteiger partial charge < -0.3 is 14.2 Å². The Kier molecular flexibility index (Phi) is 4.66. The zero-order chi connectivity index (χ0) is 14.5. The number of carbonyl (C=O) groups excluding carboxylic acids is 1. The van der Waals surface area contributed by atoms with Crippen molar-refractivity contribution in [2.24, 2.45) is 0 Å². The summed E-state index contributed by atoms with van der Waals surface area (Å²) in [6, 6.07) is 3.71. The Balaban J connectivity index is 2.41. The predicted molar refractivity (Wildman–Crippen MR) is 77.6 cm³/mol. The van der Waals surface area contributed by atoms with Gasteiger partial charge in [0, 0.05) is 6.42 Å². The molecule has 108 valence electrons. The number of ketones is 1. The van der Waals surface area contributed by atoms with Gasteiger partial charge in [-0.1, -0.05) is 0 Å². The van der Waals surface area contributed by atoms with E-state index in [9.17, 15) is 4.79 Å². The van der Waals surface area contributed by atoms with E-state index in [1.807, 2.05) is 18.2 Å². The minimum absolute atomic E-state index is 0.241. The van der Waals surface area contributed by atoms with Crippen molar-refractivity contribution < 1.29 is 19.0 Å². The molecule has 0 spiro atoms. The van der Waals surface area contributed by atoms with Gasteiger partial charge in [-0.05, 0) is 48.6 Å². The zero-order valence-corrected chi connectivity index (χ0v) is 12.2. The molecule has 4 nitrogen and oxygen atoms in total. The minimum atomic E-state index is 0.241. The van der Waals surface area contributed by atoms with Crippen molar-refractivity contribution in [1.82, 2.24) is 0 Å². The number of Topliss-reactive ketones (excluding diaryl/α,β-unsaturated/α-hetero) is 1. The molecule has 20 heavy (non-hydrogen) atoms. The van der Waals surface area contributed by atoms with Crippen LogP contribution in [0.1, 0.15) is 31.2 Å². The van der Waals surface area contributed by atoms with Gasteiger partial charge >= 0.3 is 0 Å². The van der Waals surface area contributed by atoms with Crippen LogP contribution in [0.5, 0.6) is 17.2 Å². The van der Waals surface area contributed by atoms with Crippen LogP contribution in [0.15, 0.2) is 17.7 Å².